The Hall–Kier alpha value is -2.86. The number of rotatable bonds is 5. The number of hydrogen-bond donors (Lipinski definition) is 0. The SMILES string of the molecule is CCOc1ccccc1N1CCN(Cc2cc(=O)n3cc(C)ccc3n2)CC1. The second-order valence-corrected chi connectivity index (χ2v) is 7.18. The number of ether oxygens (including phenoxy) is 1. The van der Waals surface area contributed by atoms with E-state index in [0.29, 0.717) is 18.8 Å². The predicted molar refractivity (Wildman–Crippen MR) is 111 cm³/mol. The molecule has 1 aliphatic rings. The van der Waals surface area contributed by atoms with E-state index in [1.165, 1.54) is 0 Å². The number of aryl methyl sites for hydroxylation is 1. The Morgan fingerprint density at radius 3 is 2.64 bits per heavy atom. The molecule has 0 N–H and O–H groups in total. The van der Waals surface area contributed by atoms with Crippen LogP contribution in [0.1, 0.15) is 18.2 Å². The Labute approximate surface area is 165 Å². The van der Waals surface area contributed by atoms with Gasteiger partial charge in [0.1, 0.15) is 11.4 Å². The Bertz CT molecular complexity index is 1020. The number of hydrogen-bond acceptors (Lipinski definition) is 5. The molecule has 1 saturated heterocycles. The second kappa shape index (κ2) is 8.02. The van der Waals surface area contributed by atoms with Crippen molar-refractivity contribution in [3.8, 4) is 5.75 Å². The zero-order valence-electron chi connectivity index (χ0n) is 16.5. The van der Waals surface area contributed by atoms with Gasteiger partial charge in [-0.15, -0.1) is 0 Å². The minimum Gasteiger partial charge on any atom is -0.492 e. The Kier molecular flexibility index (Phi) is 5.30. The van der Waals surface area contributed by atoms with Crippen molar-refractivity contribution in [2.24, 2.45) is 0 Å². The molecule has 0 radical (unpaired) electrons. The average Bonchev–Trinajstić information content (AvgIpc) is 2.70. The number of fused-ring (bicyclic) bond motifs is 1. The third-order valence-electron chi connectivity index (χ3n) is 5.12. The van der Waals surface area contributed by atoms with Crippen molar-refractivity contribution in [2.75, 3.05) is 37.7 Å². The van der Waals surface area contributed by atoms with Gasteiger partial charge in [0.15, 0.2) is 0 Å². The summed E-state index contributed by atoms with van der Waals surface area (Å²) in [6.45, 7) is 9.05. The van der Waals surface area contributed by atoms with Crippen LogP contribution in [-0.4, -0.2) is 47.1 Å². The summed E-state index contributed by atoms with van der Waals surface area (Å²) in [7, 11) is 0. The van der Waals surface area contributed by atoms with Gasteiger partial charge in [0.25, 0.3) is 5.56 Å². The fourth-order valence-electron chi connectivity index (χ4n) is 3.71. The van der Waals surface area contributed by atoms with E-state index in [0.717, 1.165) is 48.9 Å². The van der Waals surface area contributed by atoms with E-state index in [1.807, 2.05) is 44.3 Å². The van der Waals surface area contributed by atoms with Crippen molar-refractivity contribution < 1.29 is 4.74 Å². The molecule has 1 fully saturated rings. The molecule has 3 heterocycles. The van der Waals surface area contributed by atoms with Crippen LogP contribution in [0, 0.1) is 6.92 Å². The lowest BCUT2D eigenvalue weighted by atomic mass is 10.2. The third kappa shape index (κ3) is 3.87. The highest BCUT2D eigenvalue weighted by atomic mass is 16.5. The summed E-state index contributed by atoms with van der Waals surface area (Å²) in [6, 6.07) is 13.8. The van der Waals surface area contributed by atoms with Crippen LogP contribution < -0.4 is 15.2 Å². The van der Waals surface area contributed by atoms with Crippen molar-refractivity contribution in [3.63, 3.8) is 0 Å². The maximum Gasteiger partial charge on any atom is 0.258 e. The normalized spacial score (nSPS) is 15.1. The van der Waals surface area contributed by atoms with Gasteiger partial charge >= 0.3 is 0 Å². The molecule has 0 saturated carbocycles. The summed E-state index contributed by atoms with van der Waals surface area (Å²) in [4.78, 5) is 21.8. The Morgan fingerprint density at radius 2 is 1.86 bits per heavy atom. The van der Waals surface area contributed by atoms with Gasteiger partial charge in [-0.25, -0.2) is 4.98 Å². The lowest BCUT2D eigenvalue weighted by Crippen LogP contribution is -2.46. The lowest BCUT2D eigenvalue weighted by molar-refractivity contribution is 0.246. The van der Waals surface area contributed by atoms with E-state index in [-0.39, 0.29) is 5.56 Å². The molecule has 1 aromatic carbocycles. The van der Waals surface area contributed by atoms with Crippen molar-refractivity contribution in [2.45, 2.75) is 20.4 Å². The summed E-state index contributed by atoms with van der Waals surface area (Å²) in [5, 5.41) is 0. The molecule has 146 valence electrons. The fraction of sp³-hybridized carbons (Fsp3) is 0.364. The molecule has 0 amide bonds. The van der Waals surface area contributed by atoms with Gasteiger partial charge in [0.05, 0.1) is 18.0 Å². The molecular weight excluding hydrogens is 352 g/mol. The first-order valence-electron chi connectivity index (χ1n) is 9.82. The van der Waals surface area contributed by atoms with Gasteiger partial charge < -0.3 is 9.64 Å². The third-order valence-corrected chi connectivity index (χ3v) is 5.12. The van der Waals surface area contributed by atoms with E-state index in [1.54, 1.807) is 10.5 Å². The Morgan fingerprint density at radius 1 is 1.07 bits per heavy atom. The zero-order valence-corrected chi connectivity index (χ0v) is 16.5. The molecule has 0 unspecified atom stereocenters. The molecule has 6 nitrogen and oxygen atoms in total. The summed E-state index contributed by atoms with van der Waals surface area (Å²) in [5.74, 6) is 0.943. The summed E-state index contributed by atoms with van der Waals surface area (Å²) < 4.78 is 7.39. The first-order chi connectivity index (χ1) is 13.6. The molecule has 2 aromatic heterocycles. The molecule has 28 heavy (non-hydrogen) atoms. The van der Waals surface area contributed by atoms with Crippen LogP contribution in [0.3, 0.4) is 0 Å². The summed E-state index contributed by atoms with van der Waals surface area (Å²) >= 11 is 0. The van der Waals surface area contributed by atoms with E-state index in [4.69, 9.17) is 4.74 Å². The van der Waals surface area contributed by atoms with Crippen LogP contribution in [-0.2, 0) is 6.54 Å². The number of nitrogens with zero attached hydrogens (tertiary/aromatic N) is 4. The van der Waals surface area contributed by atoms with Crippen molar-refractivity contribution in [3.05, 3.63) is 70.3 Å². The average molecular weight is 378 g/mol. The van der Waals surface area contributed by atoms with E-state index >= 15 is 0 Å². The quantitative estimate of drug-likeness (QED) is 0.683. The number of anilines is 1. The van der Waals surface area contributed by atoms with Crippen molar-refractivity contribution in [1.82, 2.24) is 14.3 Å². The Balaban J connectivity index is 1.44. The minimum atomic E-state index is -0.0204. The van der Waals surface area contributed by atoms with Crippen LogP contribution in [0.5, 0.6) is 5.75 Å². The minimum absolute atomic E-state index is 0.0204. The smallest absolute Gasteiger partial charge is 0.258 e. The summed E-state index contributed by atoms with van der Waals surface area (Å²) in [5.41, 5.74) is 3.72. The first-order valence-corrected chi connectivity index (χ1v) is 9.82. The monoisotopic (exact) mass is 378 g/mol. The molecule has 1 aliphatic heterocycles. The van der Waals surface area contributed by atoms with Gasteiger partial charge in [0.2, 0.25) is 0 Å². The largest absolute Gasteiger partial charge is 0.492 e. The molecule has 0 aliphatic carbocycles. The van der Waals surface area contributed by atoms with Gasteiger partial charge in [-0.3, -0.25) is 14.1 Å². The van der Waals surface area contributed by atoms with E-state index in [9.17, 15) is 4.79 Å². The van der Waals surface area contributed by atoms with Crippen LogP contribution >= 0.6 is 0 Å². The highest BCUT2D eigenvalue weighted by molar-refractivity contribution is 5.58. The van der Waals surface area contributed by atoms with E-state index in [2.05, 4.69) is 26.9 Å². The lowest BCUT2D eigenvalue weighted by Gasteiger charge is -2.36. The number of aromatic nitrogens is 2. The topological polar surface area (TPSA) is 50.1 Å². The number of piperazine rings is 1. The molecule has 3 aromatic rings. The van der Waals surface area contributed by atoms with Crippen molar-refractivity contribution >= 4 is 11.3 Å². The molecule has 6 heteroatoms. The van der Waals surface area contributed by atoms with Crippen LogP contribution in [0.15, 0.2) is 53.5 Å². The zero-order chi connectivity index (χ0) is 19.5. The maximum absolute atomic E-state index is 12.4. The van der Waals surface area contributed by atoms with Crippen LogP contribution in [0.2, 0.25) is 0 Å². The maximum atomic E-state index is 12.4. The number of benzene rings is 1. The van der Waals surface area contributed by atoms with Crippen LogP contribution in [0.25, 0.3) is 5.65 Å². The fourth-order valence-corrected chi connectivity index (χ4v) is 3.71. The molecule has 0 atom stereocenters. The number of para-hydroxylation sites is 2. The summed E-state index contributed by atoms with van der Waals surface area (Å²) in [6.07, 6.45) is 1.84. The molecule has 4 rings (SSSR count). The highest BCUT2D eigenvalue weighted by Gasteiger charge is 2.20. The van der Waals surface area contributed by atoms with Crippen molar-refractivity contribution in [1.29, 1.82) is 0 Å². The molecular formula is C22H26N4O2. The van der Waals surface area contributed by atoms with Gasteiger partial charge in [-0.05, 0) is 37.6 Å². The molecule has 0 bridgehead atoms. The standard InChI is InChI=1S/C22H26N4O2/c1-3-28-20-7-5-4-6-19(20)25-12-10-24(11-13-25)16-18-14-22(27)26-15-17(2)8-9-21(26)23-18/h4-9,14-15H,3,10-13,16H2,1-2H3. The second-order valence-electron chi connectivity index (χ2n) is 7.18. The first kappa shape index (κ1) is 18.5. The predicted octanol–water partition coefficient (Wildman–Crippen LogP) is 2.72. The molecule has 0 spiro atoms. The van der Waals surface area contributed by atoms with Gasteiger partial charge in [-0.1, -0.05) is 18.2 Å². The van der Waals surface area contributed by atoms with E-state index < -0.39 is 0 Å². The van der Waals surface area contributed by atoms with Gasteiger partial charge in [0, 0.05) is 45.0 Å². The highest BCUT2D eigenvalue weighted by Crippen LogP contribution is 2.28. The van der Waals surface area contributed by atoms with Gasteiger partial charge in [-0.2, -0.15) is 0 Å². The van der Waals surface area contributed by atoms with Crippen LogP contribution in [0.4, 0.5) is 5.69 Å². The number of pyridine rings is 1.